The minimum atomic E-state index is -0.357. The van der Waals surface area contributed by atoms with Gasteiger partial charge in [-0.3, -0.25) is 10.2 Å². The van der Waals surface area contributed by atoms with E-state index in [1.165, 1.54) is 17.6 Å². The summed E-state index contributed by atoms with van der Waals surface area (Å²) in [5.74, 6) is 0.516. The van der Waals surface area contributed by atoms with Crippen molar-refractivity contribution < 1.29 is 9.63 Å². The molecule has 0 aliphatic rings. The lowest BCUT2D eigenvalue weighted by Gasteiger charge is -2.21. The smallest absolute Gasteiger partial charge is 0.347 e. The summed E-state index contributed by atoms with van der Waals surface area (Å²) in [5, 5.41) is 3.97. The molecule has 0 bridgehead atoms. The minimum absolute atomic E-state index is 0.334. The Kier molecular flexibility index (Phi) is 5.16. The molecule has 21 heavy (non-hydrogen) atoms. The van der Waals surface area contributed by atoms with Crippen molar-refractivity contribution in [3.63, 3.8) is 0 Å². The highest BCUT2D eigenvalue weighted by Gasteiger charge is 2.15. The summed E-state index contributed by atoms with van der Waals surface area (Å²) in [7, 11) is 0. The summed E-state index contributed by atoms with van der Waals surface area (Å²) < 4.78 is 0. The molecule has 2 amide bonds. The van der Waals surface area contributed by atoms with Crippen molar-refractivity contribution in [1.29, 1.82) is 0 Å². The van der Waals surface area contributed by atoms with Gasteiger partial charge in [0, 0.05) is 5.69 Å². The molecule has 1 heterocycles. The molecule has 112 valence electrons. The van der Waals surface area contributed by atoms with Crippen molar-refractivity contribution >= 4 is 17.5 Å². The Morgan fingerprint density at radius 1 is 1.43 bits per heavy atom. The van der Waals surface area contributed by atoms with Crippen molar-refractivity contribution in [2.24, 2.45) is 0 Å². The number of nitrogens with two attached hydrogens (primary N) is 1. The lowest BCUT2D eigenvalue weighted by Crippen LogP contribution is -2.35. The number of carbonyl (C=O) groups is 1. The largest absolute Gasteiger partial charge is 0.399 e. The number of nitrogens with zero attached hydrogens (tertiary/aromatic N) is 2. The zero-order valence-electron chi connectivity index (χ0n) is 11.9. The molecule has 0 aliphatic heterocycles. The van der Waals surface area contributed by atoms with Crippen LogP contribution in [0.3, 0.4) is 0 Å². The quantitative estimate of drug-likeness (QED) is 0.562. The number of imidazole rings is 1. The molecular formula is C14H19N5O2. The SMILES string of the molecule is CCCON(Cc1ccc(N)cc1)C(=O)Nc1cnc[nH]1. The molecule has 7 heteroatoms. The Morgan fingerprint density at radius 2 is 2.19 bits per heavy atom. The fraction of sp³-hybridized carbons (Fsp3) is 0.286. The molecule has 1 aromatic carbocycles. The maximum Gasteiger partial charge on any atom is 0.347 e. The van der Waals surface area contributed by atoms with Crippen LogP contribution in [0.1, 0.15) is 18.9 Å². The molecular weight excluding hydrogens is 270 g/mol. The second-order valence-electron chi connectivity index (χ2n) is 4.51. The third kappa shape index (κ3) is 4.50. The predicted octanol–water partition coefficient (Wildman–Crippen LogP) is 2.37. The highest BCUT2D eigenvalue weighted by Crippen LogP contribution is 2.11. The van der Waals surface area contributed by atoms with Gasteiger partial charge in [-0.1, -0.05) is 19.1 Å². The maximum atomic E-state index is 12.2. The van der Waals surface area contributed by atoms with Crippen LogP contribution >= 0.6 is 0 Å². The third-order valence-corrected chi connectivity index (χ3v) is 2.72. The van der Waals surface area contributed by atoms with Gasteiger partial charge in [0.1, 0.15) is 5.82 Å². The molecule has 0 atom stereocenters. The second kappa shape index (κ2) is 7.30. The fourth-order valence-electron chi connectivity index (χ4n) is 1.67. The van der Waals surface area contributed by atoms with Gasteiger partial charge in [0.05, 0.1) is 25.7 Å². The number of carbonyl (C=O) groups excluding carboxylic acids is 1. The number of anilines is 2. The number of nitrogen functional groups attached to an aromatic ring is 1. The number of H-pyrrole nitrogens is 1. The molecule has 4 N–H and O–H groups in total. The molecule has 0 saturated carbocycles. The molecule has 0 aliphatic carbocycles. The summed E-state index contributed by atoms with van der Waals surface area (Å²) in [4.78, 5) is 24.4. The van der Waals surface area contributed by atoms with Gasteiger partial charge in [-0.05, 0) is 24.1 Å². The molecule has 0 radical (unpaired) electrons. The number of benzene rings is 1. The van der Waals surface area contributed by atoms with Gasteiger partial charge < -0.3 is 10.7 Å². The lowest BCUT2D eigenvalue weighted by atomic mass is 10.2. The Balaban J connectivity index is 2.02. The van der Waals surface area contributed by atoms with Crippen molar-refractivity contribution in [2.75, 3.05) is 17.7 Å². The Bertz CT molecular complexity index is 553. The van der Waals surface area contributed by atoms with Crippen molar-refractivity contribution in [1.82, 2.24) is 15.0 Å². The van der Waals surface area contributed by atoms with Gasteiger partial charge in [-0.2, -0.15) is 5.06 Å². The summed E-state index contributed by atoms with van der Waals surface area (Å²) in [5.41, 5.74) is 7.27. The van der Waals surface area contributed by atoms with Crippen molar-refractivity contribution in [3.8, 4) is 0 Å². The van der Waals surface area contributed by atoms with E-state index in [0.29, 0.717) is 24.7 Å². The van der Waals surface area contributed by atoms with Crippen molar-refractivity contribution in [2.45, 2.75) is 19.9 Å². The van der Waals surface area contributed by atoms with Gasteiger partial charge in [0.15, 0.2) is 0 Å². The van der Waals surface area contributed by atoms with Crippen LogP contribution in [0.15, 0.2) is 36.8 Å². The van der Waals surface area contributed by atoms with Crippen LogP contribution in [-0.2, 0) is 11.4 Å². The first kappa shape index (κ1) is 14.9. The summed E-state index contributed by atoms with van der Waals surface area (Å²) >= 11 is 0. The molecule has 0 saturated heterocycles. The topological polar surface area (TPSA) is 96.3 Å². The molecule has 2 aromatic rings. The summed E-state index contributed by atoms with van der Waals surface area (Å²) in [6.45, 7) is 2.78. The van der Waals surface area contributed by atoms with E-state index in [1.54, 1.807) is 12.1 Å². The number of hydroxylamine groups is 2. The van der Waals surface area contributed by atoms with E-state index in [2.05, 4.69) is 15.3 Å². The van der Waals surface area contributed by atoms with Crippen LogP contribution in [-0.4, -0.2) is 27.7 Å². The lowest BCUT2D eigenvalue weighted by molar-refractivity contribution is -0.120. The Hall–Kier alpha value is -2.54. The molecule has 2 rings (SSSR count). The molecule has 0 unspecified atom stereocenters. The van der Waals surface area contributed by atoms with Gasteiger partial charge in [-0.25, -0.2) is 9.78 Å². The normalized spacial score (nSPS) is 10.3. The number of amides is 2. The molecule has 0 spiro atoms. The maximum absolute atomic E-state index is 12.2. The Morgan fingerprint density at radius 3 is 2.81 bits per heavy atom. The van der Waals surface area contributed by atoms with Gasteiger partial charge in [0.25, 0.3) is 0 Å². The highest BCUT2D eigenvalue weighted by atomic mass is 16.7. The van der Waals surface area contributed by atoms with E-state index in [4.69, 9.17) is 10.6 Å². The molecule has 1 aromatic heterocycles. The first-order valence-electron chi connectivity index (χ1n) is 6.73. The van der Waals surface area contributed by atoms with Gasteiger partial charge in [0.2, 0.25) is 0 Å². The third-order valence-electron chi connectivity index (χ3n) is 2.72. The molecule has 7 nitrogen and oxygen atoms in total. The van der Waals surface area contributed by atoms with Gasteiger partial charge >= 0.3 is 6.03 Å². The van der Waals surface area contributed by atoms with E-state index in [1.807, 2.05) is 19.1 Å². The van der Waals surface area contributed by atoms with Gasteiger partial charge in [-0.15, -0.1) is 0 Å². The highest BCUT2D eigenvalue weighted by molar-refractivity contribution is 5.87. The van der Waals surface area contributed by atoms with E-state index in [-0.39, 0.29) is 6.03 Å². The number of rotatable bonds is 6. The molecule has 0 fully saturated rings. The van der Waals surface area contributed by atoms with E-state index in [9.17, 15) is 4.79 Å². The zero-order valence-corrected chi connectivity index (χ0v) is 11.9. The van der Waals surface area contributed by atoms with Crippen LogP contribution in [0.5, 0.6) is 0 Å². The minimum Gasteiger partial charge on any atom is -0.399 e. The number of aromatic amines is 1. The van der Waals surface area contributed by atoms with E-state index < -0.39 is 0 Å². The average Bonchev–Trinajstić information content (AvgIpc) is 2.98. The Labute approximate surface area is 123 Å². The average molecular weight is 289 g/mol. The predicted molar refractivity (Wildman–Crippen MR) is 80.2 cm³/mol. The number of aromatic nitrogens is 2. The summed E-state index contributed by atoms with van der Waals surface area (Å²) in [6, 6.07) is 6.95. The van der Waals surface area contributed by atoms with E-state index in [0.717, 1.165) is 12.0 Å². The number of hydrogen-bond acceptors (Lipinski definition) is 4. The van der Waals surface area contributed by atoms with Crippen molar-refractivity contribution in [3.05, 3.63) is 42.4 Å². The fourth-order valence-corrected chi connectivity index (χ4v) is 1.67. The van der Waals surface area contributed by atoms with Crippen LogP contribution in [0.2, 0.25) is 0 Å². The number of hydrogen-bond donors (Lipinski definition) is 3. The van der Waals surface area contributed by atoms with E-state index >= 15 is 0 Å². The monoisotopic (exact) mass is 289 g/mol. The van der Waals surface area contributed by atoms with Crippen LogP contribution < -0.4 is 11.1 Å². The second-order valence-corrected chi connectivity index (χ2v) is 4.51. The van der Waals surface area contributed by atoms with Crippen LogP contribution in [0.4, 0.5) is 16.3 Å². The van der Waals surface area contributed by atoms with Crippen LogP contribution in [0, 0.1) is 0 Å². The summed E-state index contributed by atoms with van der Waals surface area (Å²) in [6.07, 6.45) is 3.83. The standard InChI is InChI=1S/C14H19N5O2/c1-2-7-21-19(9-11-3-5-12(15)6-4-11)14(20)18-13-8-16-10-17-13/h3-6,8,10H,2,7,9,15H2,1H3,(H,16,17)(H,18,20). The van der Waals surface area contributed by atoms with Crippen LogP contribution in [0.25, 0.3) is 0 Å². The number of nitrogens with one attached hydrogen (secondary N) is 2. The first-order valence-corrected chi connectivity index (χ1v) is 6.73. The number of urea groups is 1. The first-order chi connectivity index (χ1) is 10.2. The zero-order chi connectivity index (χ0) is 15.1.